The lowest BCUT2D eigenvalue weighted by molar-refractivity contribution is -0.142. The largest absolute Gasteiger partial charge is 0.482 e. The normalized spacial score (nSPS) is 9.67. The average molecular weight is 483 g/mol. The molecule has 0 radical (unpaired) electrons. The van der Waals surface area contributed by atoms with Gasteiger partial charge < -0.3 is 20.5 Å². The molecule has 27 heavy (non-hydrogen) atoms. The second-order valence-electron chi connectivity index (χ2n) is 5.55. The van der Waals surface area contributed by atoms with Crippen molar-refractivity contribution in [3.05, 3.63) is 59.7 Å². The Balaban J connectivity index is 0.00000364. The minimum absolute atomic E-state index is 0. The van der Waals surface area contributed by atoms with Crippen LogP contribution in [0.15, 0.2) is 48.5 Å². The Morgan fingerprint density at radius 2 is 1.70 bits per heavy atom. The van der Waals surface area contributed by atoms with E-state index in [9.17, 15) is 9.59 Å². The molecule has 0 bridgehead atoms. The van der Waals surface area contributed by atoms with Crippen molar-refractivity contribution in [3.8, 4) is 5.75 Å². The van der Waals surface area contributed by atoms with E-state index >= 15 is 0 Å². The van der Waals surface area contributed by atoms with E-state index in [1.807, 2.05) is 12.1 Å². The lowest BCUT2D eigenvalue weighted by Crippen LogP contribution is -2.13. The number of halogens is 1. The molecule has 0 aromatic heterocycles. The van der Waals surface area contributed by atoms with Crippen LogP contribution in [0.1, 0.15) is 17.5 Å². The maximum absolute atomic E-state index is 12.0. The van der Waals surface area contributed by atoms with Crippen LogP contribution in [-0.2, 0) is 20.7 Å². The summed E-state index contributed by atoms with van der Waals surface area (Å²) < 4.78 is 9.73. The van der Waals surface area contributed by atoms with E-state index in [4.69, 9.17) is 15.9 Å². The van der Waals surface area contributed by atoms with Gasteiger partial charge in [-0.05, 0) is 36.2 Å². The lowest BCUT2D eigenvalue weighted by Gasteiger charge is -2.08. The summed E-state index contributed by atoms with van der Waals surface area (Å²) in [6.45, 7) is -0.162. The van der Waals surface area contributed by atoms with E-state index in [0.717, 1.165) is 5.56 Å². The molecule has 0 fully saturated rings. The number of anilines is 1. The summed E-state index contributed by atoms with van der Waals surface area (Å²) in [5, 5.41) is 10.2. The highest BCUT2D eigenvalue weighted by Gasteiger charge is 2.05. The molecule has 0 unspecified atom stereocenters. The fourth-order valence-electron chi connectivity index (χ4n) is 2.17. The highest BCUT2D eigenvalue weighted by atomic mass is 127. The molecule has 7 nitrogen and oxygen atoms in total. The molecule has 0 aliphatic rings. The Hall–Kier alpha value is -2.62. The van der Waals surface area contributed by atoms with E-state index in [0.29, 0.717) is 29.8 Å². The van der Waals surface area contributed by atoms with Crippen LogP contribution in [0.5, 0.6) is 5.75 Å². The first kappa shape index (κ1) is 22.4. The number of esters is 1. The summed E-state index contributed by atoms with van der Waals surface area (Å²) >= 11 is 0. The average Bonchev–Trinajstić information content (AvgIpc) is 2.65. The highest BCUT2D eigenvalue weighted by molar-refractivity contribution is 14.0. The number of amides is 1. The summed E-state index contributed by atoms with van der Waals surface area (Å²) in [6.07, 6.45) is 0.921. The predicted octanol–water partition coefficient (Wildman–Crippen LogP) is 2.71. The van der Waals surface area contributed by atoms with Gasteiger partial charge in [-0.25, -0.2) is 4.79 Å². The number of nitrogens with one attached hydrogen (secondary N) is 2. The Kier molecular flexibility index (Phi) is 9.27. The Morgan fingerprint density at radius 1 is 1.07 bits per heavy atom. The number of methoxy groups -OCH3 is 1. The molecule has 0 spiro atoms. The first-order chi connectivity index (χ1) is 12.5. The van der Waals surface area contributed by atoms with Crippen molar-refractivity contribution in [3.63, 3.8) is 0 Å². The zero-order valence-electron chi connectivity index (χ0n) is 14.9. The zero-order chi connectivity index (χ0) is 18.9. The quantitative estimate of drug-likeness (QED) is 0.231. The van der Waals surface area contributed by atoms with Crippen LogP contribution in [0.25, 0.3) is 0 Å². The summed E-state index contributed by atoms with van der Waals surface area (Å²) in [6, 6.07) is 14.0. The Labute approximate surface area is 174 Å². The minimum Gasteiger partial charge on any atom is -0.482 e. The maximum atomic E-state index is 12.0. The van der Waals surface area contributed by atoms with Crippen molar-refractivity contribution in [2.45, 2.75) is 12.8 Å². The Morgan fingerprint density at radius 3 is 2.26 bits per heavy atom. The molecule has 0 aliphatic carbocycles. The highest BCUT2D eigenvalue weighted by Crippen LogP contribution is 2.16. The number of hydrogen-bond acceptors (Lipinski definition) is 5. The fourth-order valence-corrected chi connectivity index (χ4v) is 2.17. The van der Waals surface area contributed by atoms with Crippen LogP contribution in [0.4, 0.5) is 5.69 Å². The summed E-state index contributed by atoms with van der Waals surface area (Å²) in [5.41, 5.74) is 7.71. The van der Waals surface area contributed by atoms with Crippen LogP contribution >= 0.6 is 24.0 Å². The van der Waals surface area contributed by atoms with Crippen LogP contribution < -0.4 is 15.8 Å². The van der Waals surface area contributed by atoms with E-state index in [1.165, 1.54) is 7.11 Å². The van der Waals surface area contributed by atoms with E-state index in [-0.39, 0.29) is 42.3 Å². The smallest absolute Gasteiger partial charge is 0.343 e. The number of rotatable bonds is 8. The number of carbonyl (C=O) groups is 2. The van der Waals surface area contributed by atoms with Crippen molar-refractivity contribution in [1.82, 2.24) is 0 Å². The van der Waals surface area contributed by atoms with Crippen LogP contribution in [0.2, 0.25) is 0 Å². The van der Waals surface area contributed by atoms with Gasteiger partial charge in [0.05, 0.1) is 7.11 Å². The molecule has 4 N–H and O–H groups in total. The summed E-state index contributed by atoms with van der Waals surface area (Å²) in [5.74, 6) is -0.0325. The third-order valence-corrected chi connectivity index (χ3v) is 3.63. The molecular weight excluding hydrogens is 461 g/mol. The van der Waals surface area contributed by atoms with E-state index in [2.05, 4.69) is 10.1 Å². The molecule has 144 valence electrons. The van der Waals surface area contributed by atoms with Crippen molar-refractivity contribution < 1.29 is 19.1 Å². The molecule has 2 aromatic carbocycles. The monoisotopic (exact) mass is 483 g/mol. The van der Waals surface area contributed by atoms with Crippen LogP contribution in [0, 0.1) is 5.41 Å². The van der Waals surface area contributed by atoms with Gasteiger partial charge in [-0.1, -0.05) is 24.3 Å². The molecule has 2 aromatic rings. The number of ether oxygens (including phenoxy) is 2. The van der Waals surface area contributed by atoms with Crippen molar-refractivity contribution >= 4 is 47.4 Å². The van der Waals surface area contributed by atoms with Crippen LogP contribution in [0.3, 0.4) is 0 Å². The third kappa shape index (κ3) is 7.65. The number of nitrogens with two attached hydrogens (primary N) is 1. The number of nitrogen functional groups attached to an aromatic ring is 1. The van der Waals surface area contributed by atoms with E-state index < -0.39 is 5.97 Å². The second kappa shape index (κ2) is 11.2. The molecule has 8 heteroatoms. The van der Waals surface area contributed by atoms with Crippen LogP contribution in [-0.4, -0.2) is 31.4 Å². The Bertz CT molecular complexity index is 777. The molecule has 0 saturated carbocycles. The van der Waals surface area contributed by atoms with Gasteiger partial charge in [-0.2, -0.15) is 0 Å². The van der Waals surface area contributed by atoms with Gasteiger partial charge in [0.15, 0.2) is 6.61 Å². The molecule has 0 saturated heterocycles. The zero-order valence-corrected chi connectivity index (χ0v) is 17.2. The molecule has 0 aliphatic heterocycles. The number of carbonyl (C=O) groups excluding carboxylic acids is 2. The minimum atomic E-state index is -0.460. The van der Waals surface area contributed by atoms with Crippen molar-refractivity contribution in [2.24, 2.45) is 5.73 Å². The first-order valence-electron chi connectivity index (χ1n) is 8.01. The molecule has 1 amide bonds. The van der Waals surface area contributed by atoms with Gasteiger partial charge in [0.1, 0.15) is 11.6 Å². The molecule has 0 heterocycles. The summed E-state index contributed by atoms with van der Waals surface area (Å²) in [4.78, 5) is 23.1. The first-order valence-corrected chi connectivity index (χ1v) is 8.01. The molecule has 2 rings (SSSR count). The maximum Gasteiger partial charge on any atom is 0.343 e. The molecular formula is C19H22IN3O4. The van der Waals surface area contributed by atoms with Gasteiger partial charge in [0, 0.05) is 17.7 Å². The predicted molar refractivity (Wildman–Crippen MR) is 114 cm³/mol. The SMILES string of the molecule is COC(=O)COc1ccc(NC(=O)CCc2ccc(C(=N)N)cc2)cc1.I. The second-order valence-corrected chi connectivity index (χ2v) is 5.55. The number of amidine groups is 1. The summed E-state index contributed by atoms with van der Waals surface area (Å²) in [7, 11) is 1.29. The lowest BCUT2D eigenvalue weighted by atomic mass is 10.1. The number of hydrogen-bond donors (Lipinski definition) is 3. The van der Waals surface area contributed by atoms with Crippen molar-refractivity contribution in [2.75, 3.05) is 19.0 Å². The van der Waals surface area contributed by atoms with E-state index in [1.54, 1.807) is 36.4 Å². The van der Waals surface area contributed by atoms with Gasteiger partial charge in [-0.3, -0.25) is 10.2 Å². The van der Waals surface area contributed by atoms with Gasteiger partial charge >= 0.3 is 5.97 Å². The van der Waals surface area contributed by atoms with Gasteiger partial charge in [0.2, 0.25) is 5.91 Å². The topological polar surface area (TPSA) is 114 Å². The molecule has 0 atom stereocenters. The van der Waals surface area contributed by atoms with Gasteiger partial charge in [-0.15, -0.1) is 24.0 Å². The fraction of sp³-hybridized carbons (Fsp3) is 0.211. The van der Waals surface area contributed by atoms with Gasteiger partial charge in [0.25, 0.3) is 0 Å². The standard InChI is InChI=1S/C19H21N3O4.HI/c1-25-18(24)12-26-16-9-7-15(8-10-16)22-17(23)11-4-13-2-5-14(6-3-13)19(20)21;/h2-3,5-10H,4,11-12H2,1H3,(H3,20,21)(H,22,23);1H. The van der Waals surface area contributed by atoms with Crippen molar-refractivity contribution in [1.29, 1.82) is 5.41 Å². The number of benzene rings is 2. The number of aryl methyl sites for hydroxylation is 1. The third-order valence-electron chi connectivity index (χ3n) is 3.63.